The summed E-state index contributed by atoms with van der Waals surface area (Å²) in [5.41, 5.74) is 1.96. The maximum absolute atomic E-state index is 11.3. The van der Waals surface area contributed by atoms with E-state index < -0.39 is 0 Å². The lowest BCUT2D eigenvalue weighted by atomic mass is 10.2. The number of anilines is 1. The number of benzene rings is 2. The second-order valence-electron chi connectivity index (χ2n) is 3.75. The second kappa shape index (κ2) is 6.26. The Morgan fingerprint density at radius 2 is 1.68 bits per heavy atom. The zero-order valence-corrected chi connectivity index (χ0v) is 10.3. The number of para-hydroxylation sites is 1. The van der Waals surface area contributed by atoms with E-state index in [1.807, 2.05) is 42.5 Å². The fourth-order valence-corrected chi connectivity index (χ4v) is 1.46. The van der Waals surface area contributed by atoms with E-state index in [1.165, 1.54) is 6.08 Å². The van der Waals surface area contributed by atoms with E-state index in [9.17, 15) is 4.79 Å². The van der Waals surface area contributed by atoms with Gasteiger partial charge in [0.1, 0.15) is 5.69 Å². The van der Waals surface area contributed by atoms with Crippen LogP contribution in [0, 0.1) is 0 Å². The molecule has 0 heterocycles. The molecule has 0 aromatic heterocycles. The van der Waals surface area contributed by atoms with Crippen LogP contribution >= 0.6 is 0 Å². The lowest BCUT2D eigenvalue weighted by Crippen LogP contribution is -2.07. The number of amides is 1. The van der Waals surface area contributed by atoms with Gasteiger partial charge in [-0.15, -0.1) is 5.11 Å². The average Bonchev–Trinajstić information content (AvgIpc) is 2.47. The van der Waals surface area contributed by atoms with Gasteiger partial charge in [0.05, 0.1) is 11.4 Å². The molecule has 0 atom stereocenters. The molecular weight excluding hydrogens is 238 g/mol. The molecule has 0 saturated carbocycles. The summed E-state index contributed by atoms with van der Waals surface area (Å²) in [6, 6.07) is 16.6. The van der Waals surface area contributed by atoms with Crippen molar-refractivity contribution in [2.45, 2.75) is 0 Å². The molecule has 0 aliphatic rings. The van der Waals surface area contributed by atoms with Crippen molar-refractivity contribution in [2.75, 3.05) is 5.32 Å². The van der Waals surface area contributed by atoms with Crippen molar-refractivity contribution >= 4 is 23.0 Å². The van der Waals surface area contributed by atoms with Crippen molar-refractivity contribution in [3.05, 3.63) is 67.3 Å². The largest absolute Gasteiger partial charge is 0.321 e. The molecule has 0 bridgehead atoms. The summed E-state index contributed by atoms with van der Waals surface area (Å²) in [6.07, 6.45) is 1.21. The van der Waals surface area contributed by atoms with Crippen LogP contribution in [0.1, 0.15) is 0 Å². The molecule has 2 aromatic carbocycles. The molecule has 0 aliphatic heterocycles. The number of nitrogens with one attached hydrogen (secondary N) is 1. The minimum atomic E-state index is -0.276. The zero-order chi connectivity index (χ0) is 13.5. The predicted molar refractivity (Wildman–Crippen MR) is 75.9 cm³/mol. The summed E-state index contributed by atoms with van der Waals surface area (Å²) in [6.45, 7) is 3.41. The second-order valence-corrected chi connectivity index (χ2v) is 3.75. The van der Waals surface area contributed by atoms with Gasteiger partial charge in [-0.25, -0.2) is 0 Å². The molecule has 0 radical (unpaired) electrons. The quantitative estimate of drug-likeness (QED) is 0.641. The van der Waals surface area contributed by atoms with E-state index in [-0.39, 0.29) is 5.91 Å². The van der Waals surface area contributed by atoms with Gasteiger partial charge in [-0.05, 0) is 30.3 Å². The zero-order valence-electron chi connectivity index (χ0n) is 10.3. The molecule has 4 heteroatoms. The number of rotatable bonds is 4. The van der Waals surface area contributed by atoms with Crippen molar-refractivity contribution in [1.29, 1.82) is 0 Å². The number of hydrogen-bond acceptors (Lipinski definition) is 3. The van der Waals surface area contributed by atoms with Crippen LogP contribution in [0.5, 0.6) is 0 Å². The van der Waals surface area contributed by atoms with Crippen LogP contribution in [0.15, 0.2) is 77.5 Å². The van der Waals surface area contributed by atoms with Gasteiger partial charge in [0.25, 0.3) is 0 Å². The van der Waals surface area contributed by atoms with Gasteiger partial charge >= 0.3 is 0 Å². The molecular formula is C15H13N3O. The summed E-state index contributed by atoms with van der Waals surface area (Å²) >= 11 is 0. The first-order chi connectivity index (χ1) is 9.29. The summed E-state index contributed by atoms with van der Waals surface area (Å²) in [7, 11) is 0. The smallest absolute Gasteiger partial charge is 0.247 e. The number of carbonyl (C=O) groups is 1. The Morgan fingerprint density at radius 3 is 2.42 bits per heavy atom. The summed E-state index contributed by atoms with van der Waals surface area (Å²) in [4.78, 5) is 11.3. The molecule has 0 fully saturated rings. The Kier molecular flexibility index (Phi) is 4.18. The average molecular weight is 251 g/mol. The van der Waals surface area contributed by atoms with E-state index in [0.717, 1.165) is 5.69 Å². The molecule has 0 saturated heterocycles. The Balaban J connectivity index is 2.23. The van der Waals surface area contributed by atoms with E-state index in [4.69, 9.17) is 0 Å². The van der Waals surface area contributed by atoms with E-state index in [1.54, 1.807) is 12.1 Å². The highest BCUT2D eigenvalue weighted by Gasteiger charge is 2.02. The highest BCUT2D eigenvalue weighted by atomic mass is 16.1. The van der Waals surface area contributed by atoms with Crippen molar-refractivity contribution in [3.8, 4) is 0 Å². The van der Waals surface area contributed by atoms with Crippen LogP contribution in [0.3, 0.4) is 0 Å². The van der Waals surface area contributed by atoms with Crippen LogP contribution < -0.4 is 5.32 Å². The number of carbonyl (C=O) groups excluding carboxylic acids is 1. The normalized spacial score (nSPS) is 10.3. The SMILES string of the molecule is C=CC(=O)Nc1ccccc1N=Nc1ccccc1. The highest BCUT2D eigenvalue weighted by Crippen LogP contribution is 2.26. The molecule has 0 aliphatic carbocycles. The Bertz CT molecular complexity index is 606. The van der Waals surface area contributed by atoms with Crippen LogP contribution in [0.4, 0.5) is 17.1 Å². The summed E-state index contributed by atoms with van der Waals surface area (Å²) < 4.78 is 0. The number of nitrogens with zero attached hydrogens (tertiary/aromatic N) is 2. The lowest BCUT2D eigenvalue weighted by molar-refractivity contribution is -0.111. The van der Waals surface area contributed by atoms with Crippen molar-refractivity contribution in [1.82, 2.24) is 0 Å². The molecule has 94 valence electrons. The molecule has 1 amide bonds. The van der Waals surface area contributed by atoms with Crippen LogP contribution in [-0.2, 0) is 4.79 Å². The van der Waals surface area contributed by atoms with Crippen LogP contribution in [0.25, 0.3) is 0 Å². The summed E-state index contributed by atoms with van der Waals surface area (Å²) in [5, 5.41) is 10.9. The Labute approximate surface area is 111 Å². The van der Waals surface area contributed by atoms with Crippen LogP contribution in [-0.4, -0.2) is 5.91 Å². The third kappa shape index (κ3) is 3.61. The predicted octanol–water partition coefficient (Wildman–Crippen LogP) is 4.23. The van der Waals surface area contributed by atoms with Gasteiger partial charge < -0.3 is 5.32 Å². The lowest BCUT2D eigenvalue weighted by Gasteiger charge is -2.04. The first-order valence-electron chi connectivity index (χ1n) is 5.79. The monoisotopic (exact) mass is 251 g/mol. The molecule has 19 heavy (non-hydrogen) atoms. The first-order valence-corrected chi connectivity index (χ1v) is 5.79. The molecule has 0 spiro atoms. The Morgan fingerprint density at radius 1 is 1.00 bits per heavy atom. The fourth-order valence-electron chi connectivity index (χ4n) is 1.46. The molecule has 2 rings (SSSR count). The topological polar surface area (TPSA) is 53.8 Å². The number of hydrogen-bond donors (Lipinski definition) is 1. The van der Waals surface area contributed by atoms with Gasteiger partial charge in [-0.1, -0.05) is 36.9 Å². The summed E-state index contributed by atoms with van der Waals surface area (Å²) in [5.74, 6) is -0.276. The molecule has 2 aromatic rings. The van der Waals surface area contributed by atoms with Crippen molar-refractivity contribution < 1.29 is 4.79 Å². The maximum Gasteiger partial charge on any atom is 0.247 e. The standard InChI is InChI=1S/C15H13N3O/c1-2-15(19)16-13-10-6-7-11-14(13)18-17-12-8-4-3-5-9-12/h2-11H,1H2,(H,16,19). The number of azo groups is 1. The highest BCUT2D eigenvalue weighted by molar-refractivity contribution is 6.00. The molecule has 0 unspecified atom stereocenters. The van der Waals surface area contributed by atoms with E-state index >= 15 is 0 Å². The molecule has 4 nitrogen and oxygen atoms in total. The van der Waals surface area contributed by atoms with Gasteiger partial charge in [0, 0.05) is 0 Å². The first kappa shape index (κ1) is 12.7. The maximum atomic E-state index is 11.3. The van der Waals surface area contributed by atoms with Crippen molar-refractivity contribution in [2.24, 2.45) is 10.2 Å². The van der Waals surface area contributed by atoms with Gasteiger partial charge in [-0.3, -0.25) is 4.79 Å². The minimum absolute atomic E-state index is 0.276. The third-order valence-corrected chi connectivity index (χ3v) is 2.38. The third-order valence-electron chi connectivity index (χ3n) is 2.38. The van der Waals surface area contributed by atoms with E-state index in [0.29, 0.717) is 11.4 Å². The van der Waals surface area contributed by atoms with Crippen molar-refractivity contribution in [3.63, 3.8) is 0 Å². The van der Waals surface area contributed by atoms with Crippen LogP contribution in [0.2, 0.25) is 0 Å². The molecule has 1 N–H and O–H groups in total. The van der Waals surface area contributed by atoms with E-state index in [2.05, 4.69) is 22.1 Å². The van der Waals surface area contributed by atoms with Gasteiger partial charge in [-0.2, -0.15) is 5.11 Å². The Hall–Kier alpha value is -2.75. The fraction of sp³-hybridized carbons (Fsp3) is 0. The van der Waals surface area contributed by atoms with Gasteiger partial charge in [0.15, 0.2) is 0 Å². The minimum Gasteiger partial charge on any atom is -0.321 e. The van der Waals surface area contributed by atoms with Gasteiger partial charge in [0.2, 0.25) is 5.91 Å².